The van der Waals surface area contributed by atoms with Gasteiger partial charge in [0.05, 0.1) is 25.2 Å². The highest BCUT2D eigenvalue weighted by molar-refractivity contribution is 5.58. The number of aryl methyl sites for hydroxylation is 1. The fraction of sp³-hybridized carbons (Fsp3) is 0.500. The molecule has 0 spiro atoms. The van der Waals surface area contributed by atoms with Crippen LogP contribution in [-0.4, -0.2) is 51.5 Å². The van der Waals surface area contributed by atoms with Crippen molar-refractivity contribution in [3.63, 3.8) is 0 Å². The number of nitrogens with zero attached hydrogens (tertiary/aromatic N) is 5. The second kappa shape index (κ2) is 11.3. The lowest BCUT2D eigenvalue weighted by Crippen LogP contribution is -2.35. The molecule has 1 aliphatic heterocycles. The molecular weight excluding hydrogens is 444 g/mol. The van der Waals surface area contributed by atoms with Crippen molar-refractivity contribution in [3.8, 4) is 17.1 Å². The summed E-state index contributed by atoms with van der Waals surface area (Å²) in [7, 11) is 0. The number of anilines is 1. The molecule has 10 heteroatoms. The van der Waals surface area contributed by atoms with E-state index < -0.39 is 11.6 Å². The van der Waals surface area contributed by atoms with Crippen LogP contribution in [0.3, 0.4) is 0 Å². The van der Waals surface area contributed by atoms with Crippen molar-refractivity contribution in [3.05, 3.63) is 47.6 Å². The van der Waals surface area contributed by atoms with Gasteiger partial charge in [0.1, 0.15) is 17.4 Å². The van der Waals surface area contributed by atoms with Gasteiger partial charge in [0, 0.05) is 37.6 Å². The lowest BCUT2D eigenvalue weighted by Gasteiger charge is -2.32. The lowest BCUT2D eigenvalue weighted by molar-refractivity contribution is 0.274. The molecule has 1 aromatic carbocycles. The largest absolute Gasteiger partial charge is 0.493 e. The van der Waals surface area contributed by atoms with Crippen molar-refractivity contribution in [2.45, 2.75) is 45.4 Å². The van der Waals surface area contributed by atoms with E-state index in [1.54, 1.807) is 0 Å². The summed E-state index contributed by atoms with van der Waals surface area (Å²) in [6, 6.07) is 2.26. The van der Waals surface area contributed by atoms with Gasteiger partial charge in [0.2, 0.25) is 17.7 Å². The smallest absolute Gasteiger partial charge is 0.229 e. The first kappa shape index (κ1) is 24.0. The zero-order valence-corrected chi connectivity index (χ0v) is 19.2. The van der Waals surface area contributed by atoms with Crippen LogP contribution in [-0.2, 0) is 12.8 Å². The zero-order chi connectivity index (χ0) is 23.9. The third-order valence-electron chi connectivity index (χ3n) is 6.06. The van der Waals surface area contributed by atoms with Crippen LogP contribution in [0.15, 0.2) is 29.0 Å². The Morgan fingerprint density at radius 2 is 1.85 bits per heavy atom. The minimum Gasteiger partial charge on any atom is -0.493 e. The number of aromatic nitrogens is 4. The van der Waals surface area contributed by atoms with Crippen LogP contribution in [0.2, 0.25) is 0 Å². The number of hydrogen-bond donors (Lipinski definition) is 1. The molecule has 0 saturated carbocycles. The second-order valence-electron chi connectivity index (χ2n) is 8.41. The second-order valence-corrected chi connectivity index (χ2v) is 8.41. The molecule has 3 aromatic rings. The molecule has 1 aliphatic rings. The predicted octanol–water partition coefficient (Wildman–Crippen LogP) is 3.98. The molecule has 1 saturated heterocycles. The molecule has 1 N–H and O–H groups in total. The maximum absolute atomic E-state index is 14.5. The first-order valence-corrected chi connectivity index (χ1v) is 11.7. The predicted molar refractivity (Wildman–Crippen MR) is 122 cm³/mol. The molecule has 3 heterocycles. The van der Waals surface area contributed by atoms with E-state index in [-0.39, 0.29) is 36.1 Å². The zero-order valence-electron chi connectivity index (χ0n) is 19.2. The van der Waals surface area contributed by atoms with Gasteiger partial charge in [-0.05, 0) is 43.6 Å². The molecule has 0 unspecified atom stereocenters. The number of hydrogen-bond acceptors (Lipinski definition) is 8. The van der Waals surface area contributed by atoms with Crippen molar-refractivity contribution in [2.24, 2.45) is 5.92 Å². The van der Waals surface area contributed by atoms with E-state index >= 15 is 0 Å². The van der Waals surface area contributed by atoms with E-state index in [4.69, 9.17) is 14.4 Å². The molecule has 0 atom stereocenters. The number of halogens is 2. The maximum Gasteiger partial charge on any atom is 0.229 e. The molecule has 8 nitrogen and oxygen atoms in total. The summed E-state index contributed by atoms with van der Waals surface area (Å²) in [5.74, 6) is -0.234. The van der Waals surface area contributed by atoms with Crippen molar-refractivity contribution in [1.29, 1.82) is 0 Å². The molecule has 34 heavy (non-hydrogen) atoms. The molecule has 0 radical (unpaired) electrons. The van der Waals surface area contributed by atoms with E-state index in [0.717, 1.165) is 68.8 Å². The minimum atomic E-state index is -0.826. The summed E-state index contributed by atoms with van der Waals surface area (Å²) >= 11 is 0. The number of ether oxygens (including phenoxy) is 1. The Kier molecular flexibility index (Phi) is 7.99. The fourth-order valence-corrected chi connectivity index (χ4v) is 4.08. The van der Waals surface area contributed by atoms with Crippen LogP contribution in [0.4, 0.5) is 14.7 Å². The normalized spacial score (nSPS) is 14.5. The van der Waals surface area contributed by atoms with Gasteiger partial charge in [-0.2, -0.15) is 4.98 Å². The van der Waals surface area contributed by atoms with Gasteiger partial charge in [-0.1, -0.05) is 12.1 Å². The van der Waals surface area contributed by atoms with Gasteiger partial charge in [0.25, 0.3) is 0 Å². The minimum absolute atomic E-state index is 0.115. The number of aliphatic hydroxyl groups excluding tert-OH is 1. The van der Waals surface area contributed by atoms with Crippen LogP contribution in [0.1, 0.15) is 44.1 Å². The Hall–Kier alpha value is -3.14. The van der Waals surface area contributed by atoms with Gasteiger partial charge in [-0.3, -0.25) is 0 Å². The van der Waals surface area contributed by atoms with E-state index in [1.165, 1.54) is 0 Å². The fourth-order valence-electron chi connectivity index (χ4n) is 4.08. The summed E-state index contributed by atoms with van der Waals surface area (Å²) < 4.78 is 39.5. The molecule has 0 amide bonds. The van der Waals surface area contributed by atoms with Gasteiger partial charge < -0.3 is 19.3 Å². The highest BCUT2D eigenvalue weighted by atomic mass is 19.1. The van der Waals surface area contributed by atoms with E-state index in [1.807, 2.05) is 12.4 Å². The monoisotopic (exact) mass is 473 g/mol. The standard InChI is InChI=1S/C24H29F2N5O3/c1-2-16-14-27-24(28-15-16)31-8-5-17(6-9-31)4-3-11-33-18-12-19(25)22(20(26)13-18)23-29-21(7-10-32)34-30-23/h12-15,17,32H,2-11H2,1H3. The van der Waals surface area contributed by atoms with Crippen LogP contribution < -0.4 is 9.64 Å². The van der Waals surface area contributed by atoms with Crippen molar-refractivity contribution in [2.75, 3.05) is 31.2 Å². The molecule has 1 fully saturated rings. The first-order valence-electron chi connectivity index (χ1n) is 11.7. The SMILES string of the molecule is CCc1cnc(N2CCC(CCCOc3cc(F)c(-c4noc(CCO)n4)c(F)c3)CC2)nc1. The molecule has 182 valence electrons. The Labute approximate surface area is 197 Å². The Balaban J connectivity index is 1.22. The van der Waals surface area contributed by atoms with E-state index in [0.29, 0.717) is 12.5 Å². The maximum atomic E-state index is 14.5. The van der Waals surface area contributed by atoms with Crippen molar-refractivity contribution >= 4 is 5.95 Å². The average Bonchev–Trinajstić information content (AvgIpc) is 3.30. The van der Waals surface area contributed by atoms with E-state index in [2.05, 4.69) is 31.9 Å². The van der Waals surface area contributed by atoms with Crippen LogP contribution >= 0.6 is 0 Å². The third-order valence-corrected chi connectivity index (χ3v) is 6.06. The number of benzene rings is 1. The molecule has 2 aromatic heterocycles. The molecule has 4 rings (SSSR count). The molecule has 0 bridgehead atoms. The van der Waals surface area contributed by atoms with Crippen LogP contribution in [0, 0.1) is 17.6 Å². The van der Waals surface area contributed by atoms with Gasteiger partial charge in [-0.15, -0.1) is 0 Å². The quantitative estimate of drug-likeness (QED) is 0.442. The Bertz CT molecular complexity index is 1050. The topological polar surface area (TPSA) is 97.4 Å². The molecular formula is C24H29F2N5O3. The summed E-state index contributed by atoms with van der Waals surface area (Å²) in [4.78, 5) is 15.1. The number of rotatable bonds is 10. The number of piperidine rings is 1. The first-order chi connectivity index (χ1) is 16.6. The summed E-state index contributed by atoms with van der Waals surface area (Å²) in [6.45, 7) is 4.11. The van der Waals surface area contributed by atoms with E-state index in [9.17, 15) is 8.78 Å². The van der Waals surface area contributed by atoms with Gasteiger partial charge >= 0.3 is 0 Å². The lowest BCUT2D eigenvalue weighted by atomic mass is 9.92. The number of aliphatic hydroxyl groups is 1. The summed E-state index contributed by atoms with van der Waals surface area (Å²) in [5.41, 5.74) is 0.760. The van der Waals surface area contributed by atoms with Gasteiger partial charge in [-0.25, -0.2) is 18.7 Å². The highest BCUT2D eigenvalue weighted by Gasteiger charge is 2.22. The van der Waals surface area contributed by atoms with Crippen LogP contribution in [0.5, 0.6) is 5.75 Å². The van der Waals surface area contributed by atoms with Crippen LogP contribution in [0.25, 0.3) is 11.4 Å². The summed E-state index contributed by atoms with van der Waals surface area (Å²) in [5, 5.41) is 12.5. The third kappa shape index (κ3) is 5.85. The van der Waals surface area contributed by atoms with Crippen molar-refractivity contribution in [1.82, 2.24) is 20.1 Å². The average molecular weight is 474 g/mol. The van der Waals surface area contributed by atoms with Gasteiger partial charge in [0.15, 0.2) is 0 Å². The van der Waals surface area contributed by atoms with Crippen molar-refractivity contribution < 1.29 is 23.1 Å². The molecule has 0 aliphatic carbocycles. The highest BCUT2D eigenvalue weighted by Crippen LogP contribution is 2.29. The Morgan fingerprint density at radius 1 is 1.15 bits per heavy atom. The Morgan fingerprint density at radius 3 is 2.50 bits per heavy atom. The summed E-state index contributed by atoms with van der Waals surface area (Å²) in [6.07, 6.45) is 8.73.